The first-order valence-corrected chi connectivity index (χ1v) is 8.90. The predicted molar refractivity (Wildman–Crippen MR) is 113 cm³/mol. The Morgan fingerprint density at radius 3 is 2.44 bits per heavy atom. The highest BCUT2D eigenvalue weighted by molar-refractivity contribution is 8.93. The maximum atomic E-state index is 12.8. The number of carbonyl (C=O) groups is 1. The highest BCUT2D eigenvalue weighted by Gasteiger charge is 2.20. The summed E-state index contributed by atoms with van der Waals surface area (Å²) in [6.07, 6.45) is 4.93. The lowest BCUT2D eigenvalue weighted by Gasteiger charge is -2.04. The lowest BCUT2D eigenvalue weighted by Crippen LogP contribution is -2.37. The van der Waals surface area contributed by atoms with E-state index >= 15 is 0 Å². The van der Waals surface area contributed by atoms with Crippen LogP contribution >= 0.6 is 17.0 Å². The van der Waals surface area contributed by atoms with Gasteiger partial charge in [0.25, 0.3) is 0 Å². The Labute approximate surface area is 168 Å². The van der Waals surface area contributed by atoms with Gasteiger partial charge in [-0.3, -0.25) is 4.79 Å². The van der Waals surface area contributed by atoms with Crippen LogP contribution in [0.15, 0.2) is 85.2 Å². The minimum absolute atomic E-state index is 0. The second-order valence-electron chi connectivity index (χ2n) is 6.88. The van der Waals surface area contributed by atoms with E-state index in [0.717, 1.165) is 17.4 Å². The molecule has 3 heteroatoms. The van der Waals surface area contributed by atoms with Crippen LogP contribution in [0.3, 0.4) is 0 Å². The number of ketones is 1. The Morgan fingerprint density at radius 1 is 0.815 bits per heavy atom. The molecule has 0 fully saturated rings. The van der Waals surface area contributed by atoms with Gasteiger partial charge in [-0.2, -0.15) is 4.57 Å². The van der Waals surface area contributed by atoms with Gasteiger partial charge in [0.05, 0.1) is 0 Å². The minimum Gasteiger partial charge on any atom is -0.287 e. The number of Topliss-reactive ketones (excluding diaryl/α,β-unsaturated/α-hetero) is 1. The number of hydrogen-bond acceptors (Lipinski definition) is 1. The molecule has 0 bridgehead atoms. The van der Waals surface area contributed by atoms with Crippen molar-refractivity contribution >= 4 is 33.5 Å². The van der Waals surface area contributed by atoms with Crippen LogP contribution in [0.5, 0.6) is 0 Å². The van der Waals surface area contributed by atoms with Crippen molar-refractivity contribution in [3.63, 3.8) is 0 Å². The molecule has 1 aromatic heterocycles. The van der Waals surface area contributed by atoms with Crippen molar-refractivity contribution in [3.8, 4) is 11.1 Å². The number of nitrogens with zero attached hydrogens (tertiary/aromatic N) is 1. The molecule has 1 heterocycles. The molecule has 1 aliphatic carbocycles. The molecule has 0 aliphatic heterocycles. The standard InChI is InChI=1S/C24H18NO.BrH/c26-24(16-25-12-11-17-5-1-2-7-20(17)15-25)19-9-10-23-21(14-19)13-18-6-3-4-8-22(18)23;/h1-12,14-15H,13,16H2;1H/q+1;. The van der Waals surface area contributed by atoms with E-state index in [2.05, 4.69) is 54.6 Å². The van der Waals surface area contributed by atoms with Crippen molar-refractivity contribution in [2.75, 3.05) is 0 Å². The summed E-state index contributed by atoms with van der Waals surface area (Å²) in [7, 11) is 0. The quantitative estimate of drug-likeness (QED) is 0.294. The molecular formula is C24H19BrNO+. The summed E-state index contributed by atoms with van der Waals surface area (Å²) in [5.41, 5.74) is 5.94. The molecule has 27 heavy (non-hydrogen) atoms. The number of halogens is 1. The van der Waals surface area contributed by atoms with E-state index in [1.165, 1.54) is 27.6 Å². The lowest BCUT2D eigenvalue weighted by molar-refractivity contribution is -0.681. The van der Waals surface area contributed by atoms with Crippen molar-refractivity contribution in [2.24, 2.45) is 0 Å². The Balaban J connectivity index is 0.00000180. The summed E-state index contributed by atoms with van der Waals surface area (Å²) in [6.45, 7) is 0.358. The maximum Gasteiger partial charge on any atom is 0.227 e. The molecule has 132 valence electrons. The zero-order chi connectivity index (χ0) is 17.5. The van der Waals surface area contributed by atoms with Crippen molar-refractivity contribution in [2.45, 2.75) is 13.0 Å². The van der Waals surface area contributed by atoms with Gasteiger partial charge in [0.1, 0.15) is 0 Å². The van der Waals surface area contributed by atoms with Crippen LogP contribution in [-0.2, 0) is 13.0 Å². The SMILES string of the molecule is Br.O=C(C[n+]1ccc2ccccc2c1)c1ccc2c(c1)Cc1ccccc1-2. The van der Waals surface area contributed by atoms with E-state index in [1.54, 1.807) is 0 Å². The van der Waals surface area contributed by atoms with E-state index < -0.39 is 0 Å². The number of fused-ring (bicyclic) bond motifs is 4. The summed E-state index contributed by atoms with van der Waals surface area (Å²) >= 11 is 0. The average Bonchev–Trinajstić information content (AvgIpc) is 3.05. The van der Waals surface area contributed by atoms with Crippen LogP contribution < -0.4 is 4.57 Å². The van der Waals surface area contributed by atoms with E-state index in [9.17, 15) is 4.79 Å². The number of aromatic nitrogens is 1. The smallest absolute Gasteiger partial charge is 0.227 e. The van der Waals surface area contributed by atoms with Crippen molar-refractivity contribution < 1.29 is 9.36 Å². The van der Waals surface area contributed by atoms with Crippen molar-refractivity contribution in [3.05, 3.63) is 102 Å². The van der Waals surface area contributed by atoms with Gasteiger partial charge in [0.2, 0.25) is 12.3 Å². The van der Waals surface area contributed by atoms with Crippen LogP contribution in [-0.4, -0.2) is 5.78 Å². The monoisotopic (exact) mass is 416 g/mol. The minimum atomic E-state index is 0. The fourth-order valence-electron chi connectivity index (χ4n) is 3.85. The Kier molecular flexibility index (Phi) is 4.63. The molecule has 0 amide bonds. The Hall–Kier alpha value is -2.78. The fraction of sp³-hybridized carbons (Fsp3) is 0.0833. The maximum absolute atomic E-state index is 12.8. The third-order valence-electron chi connectivity index (χ3n) is 5.19. The first-order chi connectivity index (χ1) is 12.8. The molecule has 0 spiro atoms. The summed E-state index contributed by atoms with van der Waals surface area (Å²) in [6, 6.07) is 24.9. The third kappa shape index (κ3) is 3.19. The third-order valence-corrected chi connectivity index (χ3v) is 5.19. The number of carbonyl (C=O) groups excluding carboxylic acids is 1. The van der Waals surface area contributed by atoms with Crippen LogP contribution in [0.4, 0.5) is 0 Å². The van der Waals surface area contributed by atoms with Gasteiger partial charge < -0.3 is 0 Å². The molecule has 0 atom stereocenters. The number of rotatable bonds is 3. The van der Waals surface area contributed by atoms with Gasteiger partial charge in [-0.05, 0) is 46.2 Å². The van der Waals surface area contributed by atoms with Crippen LogP contribution in [0, 0.1) is 0 Å². The molecule has 0 N–H and O–H groups in total. The first kappa shape index (κ1) is 17.6. The Morgan fingerprint density at radius 2 is 1.56 bits per heavy atom. The molecule has 4 aromatic rings. The second kappa shape index (κ2) is 7.09. The molecule has 0 saturated heterocycles. The van der Waals surface area contributed by atoms with E-state index in [1.807, 2.05) is 35.2 Å². The summed E-state index contributed by atoms with van der Waals surface area (Å²) in [5, 5.41) is 2.33. The van der Waals surface area contributed by atoms with Gasteiger partial charge >= 0.3 is 0 Å². The zero-order valence-corrected chi connectivity index (χ0v) is 16.5. The molecule has 2 nitrogen and oxygen atoms in total. The summed E-state index contributed by atoms with van der Waals surface area (Å²) in [5.74, 6) is 0.143. The van der Waals surface area contributed by atoms with Gasteiger partial charge in [0, 0.05) is 17.0 Å². The van der Waals surface area contributed by atoms with Crippen molar-refractivity contribution in [1.29, 1.82) is 0 Å². The predicted octanol–water partition coefficient (Wildman–Crippen LogP) is 5.16. The molecule has 5 rings (SSSR count). The number of pyridine rings is 1. The number of hydrogen-bond donors (Lipinski definition) is 0. The summed E-state index contributed by atoms with van der Waals surface area (Å²) < 4.78 is 1.96. The summed E-state index contributed by atoms with van der Waals surface area (Å²) in [4.78, 5) is 12.8. The van der Waals surface area contributed by atoms with Gasteiger partial charge in [-0.15, -0.1) is 17.0 Å². The number of benzene rings is 3. The fourth-order valence-corrected chi connectivity index (χ4v) is 3.85. The highest BCUT2D eigenvalue weighted by atomic mass is 79.9. The average molecular weight is 417 g/mol. The zero-order valence-electron chi connectivity index (χ0n) is 14.8. The van der Waals surface area contributed by atoms with Crippen LogP contribution in [0.1, 0.15) is 21.5 Å². The van der Waals surface area contributed by atoms with E-state index in [-0.39, 0.29) is 22.8 Å². The van der Waals surface area contributed by atoms with E-state index in [4.69, 9.17) is 0 Å². The molecule has 0 unspecified atom stereocenters. The normalized spacial score (nSPS) is 11.6. The van der Waals surface area contributed by atoms with E-state index in [0.29, 0.717) is 6.54 Å². The van der Waals surface area contributed by atoms with Gasteiger partial charge in [-0.1, -0.05) is 54.6 Å². The molecular weight excluding hydrogens is 398 g/mol. The highest BCUT2D eigenvalue weighted by Crippen LogP contribution is 2.36. The van der Waals surface area contributed by atoms with Crippen LogP contribution in [0.25, 0.3) is 21.9 Å². The Bertz CT molecular complexity index is 1170. The van der Waals surface area contributed by atoms with Gasteiger partial charge in [-0.25, -0.2) is 0 Å². The molecule has 3 aromatic carbocycles. The van der Waals surface area contributed by atoms with Gasteiger partial charge in [0.15, 0.2) is 12.4 Å². The largest absolute Gasteiger partial charge is 0.287 e. The molecule has 0 saturated carbocycles. The van der Waals surface area contributed by atoms with Crippen LogP contribution in [0.2, 0.25) is 0 Å². The lowest BCUT2D eigenvalue weighted by atomic mass is 10.0. The molecule has 0 radical (unpaired) electrons. The topological polar surface area (TPSA) is 20.9 Å². The second-order valence-corrected chi connectivity index (χ2v) is 6.88. The van der Waals surface area contributed by atoms with Crippen molar-refractivity contribution in [1.82, 2.24) is 0 Å². The molecule has 1 aliphatic rings. The first-order valence-electron chi connectivity index (χ1n) is 8.90.